The minimum absolute atomic E-state index is 0.661. The molecule has 0 aromatic rings. The van der Waals surface area contributed by atoms with Gasteiger partial charge in [-0.25, -0.2) is 0 Å². The molecule has 0 fully saturated rings. The van der Waals surface area contributed by atoms with Crippen molar-refractivity contribution in [2.75, 3.05) is 0 Å². The first-order valence-corrected chi connectivity index (χ1v) is 3.88. The first-order valence-electron chi connectivity index (χ1n) is 3.88. The van der Waals surface area contributed by atoms with E-state index in [9.17, 15) is 0 Å². The quantitative estimate of drug-likeness (QED) is 0.423. The summed E-state index contributed by atoms with van der Waals surface area (Å²) in [7, 11) is 0. The molecule has 0 radical (unpaired) electrons. The summed E-state index contributed by atoms with van der Waals surface area (Å²) in [5.41, 5.74) is 4.05. The number of allylic oxidation sites excluding steroid dienone is 4. The Kier molecular flexibility index (Phi) is 5.24. The van der Waals surface area contributed by atoms with Crippen LogP contribution in [0, 0.1) is 5.92 Å². The SMILES string of the molecule is C=C=C(/C=C/C=C)CC(C)C. The average molecular weight is 148 g/mol. The van der Waals surface area contributed by atoms with Crippen molar-refractivity contribution < 1.29 is 0 Å². The second-order valence-electron chi connectivity index (χ2n) is 2.89. The molecule has 0 rings (SSSR count). The monoisotopic (exact) mass is 148 g/mol. The average Bonchev–Trinajstić information content (AvgIpc) is 1.97. The lowest BCUT2D eigenvalue weighted by molar-refractivity contribution is 0.650. The molecule has 0 atom stereocenters. The molecular weight excluding hydrogens is 132 g/mol. The van der Waals surface area contributed by atoms with E-state index < -0.39 is 0 Å². The Morgan fingerprint density at radius 2 is 2.18 bits per heavy atom. The molecule has 0 bridgehead atoms. The molecule has 0 aliphatic rings. The standard InChI is InChI=1S/C11H16/c1-5-7-8-11(6-2)9-10(3)4/h5,7-8,10H,1-2,9H2,3-4H3/b8-7+. The molecule has 0 aliphatic carbocycles. The van der Waals surface area contributed by atoms with Gasteiger partial charge in [0.1, 0.15) is 0 Å². The van der Waals surface area contributed by atoms with Crippen LogP contribution in [0.2, 0.25) is 0 Å². The fourth-order valence-electron chi connectivity index (χ4n) is 0.823. The lowest BCUT2D eigenvalue weighted by atomic mass is 10.0. The first kappa shape index (κ1) is 10.0. The third kappa shape index (κ3) is 5.44. The van der Waals surface area contributed by atoms with Crippen molar-refractivity contribution in [2.45, 2.75) is 20.3 Å². The second kappa shape index (κ2) is 5.76. The Balaban J connectivity index is 4.09. The molecule has 0 aliphatic heterocycles. The van der Waals surface area contributed by atoms with Gasteiger partial charge in [-0.15, -0.1) is 5.73 Å². The summed E-state index contributed by atoms with van der Waals surface area (Å²) in [6, 6.07) is 0. The van der Waals surface area contributed by atoms with E-state index in [1.807, 2.05) is 12.2 Å². The Morgan fingerprint density at radius 3 is 2.55 bits per heavy atom. The van der Waals surface area contributed by atoms with E-state index in [0.717, 1.165) is 12.0 Å². The van der Waals surface area contributed by atoms with Crippen molar-refractivity contribution in [1.82, 2.24) is 0 Å². The molecule has 0 heterocycles. The predicted octanol–water partition coefficient (Wildman–Crippen LogP) is 3.49. The van der Waals surface area contributed by atoms with Gasteiger partial charge in [0.25, 0.3) is 0 Å². The van der Waals surface area contributed by atoms with Crippen LogP contribution in [-0.2, 0) is 0 Å². The van der Waals surface area contributed by atoms with E-state index in [0.29, 0.717) is 5.92 Å². The highest BCUT2D eigenvalue weighted by Gasteiger charge is 1.94. The van der Waals surface area contributed by atoms with Crippen LogP contribution in [0.1, 0.15) is 20.3 Å². The van der Waals surface area contributed by atoms with Gasteiger partial charge in [-0.2, -0.15) is 0 Å². The van der Waals surface area contributed by atoms with Crippen LogP contribution in [0.5, 0.6) is 0 Å². The third-order valence-electron chi connectivity index (χ3n) is 1.29. The molecule has 0 amide bonds. The molecule has 0 aromatic heterocycles. The molecule has 0 saturated carbocycles. The Labute approximate surface area is 69.6 Å². The van der Waals surface area contributed by atoms with Crippen LogP contribution in [0.4, 0.5) is 0 Å². The Morgan fingerprint density at radius 1 is 1.55 bits per heavy atom. The van der Waals surface area contributed by atoms with Crippen molar-refractivity contribution in [3.63, 3.8) is 0 Å². The first-order chi connectivity index (χ1) is 5.20. The minimum Gasteiger partial charge on any atom is -0.125 e. The summed E-state index contributed by atoms with van der Waals surface area (Å²) in [5.74, 6) is 0.661. The molecule has 0 saturated heterocycles. The van der Waals surface area contributed by atoms with Crippen molar-refractivity contribution in [3.8, 4) is 0 Å². The fourth-order valence-corrected chi connectivity index (χ4v) is 0.823. The lowest BCUT2D eigenvalue weighted by Crippen LogP contribution is -1.87. The maximum atomic E-state index is 3.62. The van der Waals surface area contributed by atoms with Crippen LogP contribution in [0.25, 0.3) is 0 Å². The Bertz CT molecular complexity index is 188. The van der Waals surface area contributed by atoms with Gasteiger partial charge in [-0.05, 0) is 17.9 Å². The highest BCUT2D eigenvalue weighted by atomic mass is 14.0. The predicted molar refractivity (Wildman–Crippen MR) is 51.4 cm³/mol. The van der Waals surface area contributed by atoms with Crippen LogP contribution in [0.3, 0.4) is 0 Å². The van der Waals surface area contributed by atoms with E-state index >= 15 is 0 Å². The van der Waals surface area contributed by atoms with Crippen molar-refractivity contribution in [1.29, 1.82) is 0 Å². The van der Waals surface area contributed by atoms with Crippen molar-refractivity contribution in [2.24, 2.45) is 5.92 Å². The van der Waals surface area contributed by atoms with Gasteiger partial charge in [0.15, 0.2) is 0 Å². The van der Waals surface area contributed by atoms with E-state index in [1.165, 1.54) is 0 Å². The smallest absolute Gasteiger partial charge is 0.00640 e. The second-order valence-corrected chi connectivity index (χ2v) is 2.89. The van der Waals surface area contributed by atoms with Crippen LogP contribution >= 0.6 is 0 Å². The number of rotatable bonds is 4. The summed E-state index contributed by atoms with van der Waals surface area (Å²) in [5, 5.41) is 0. The third-order valence-corrected chi connectivity index (χ3v) is 1.29. The van der Waals surface area contributed by atoms with Gasteiger partial charge in [-0.1, -0.05) is 45.2 Å². The van der Waals surface area contributed by atoms with E-state index in [4.69, 9.17) is 0 Å². The van der Waals surface area contributed by atoms with Gasteiger partial charge in [-0.3, -0.25) is 0 Å². The van der Waals surface area contributed by atoms with Crippen molar-refractivity contribution >= 4 is 0 Å². The zero-order chi connectivity index (χ0) is 8.69. The molecule has 0 N–H and O–H groups in total. The molecule has 0 spiro atoms. The van der Waals surface area contributed by atoms with Crippen LogP contribution in [-0.4, -0.2) is 0 Å². The number of hydrogen-bond donors (Lipinski definition) is 0. The maximum absolute atomic E-state index is 3.62. The summed E-state index contributed by atoms with van der Waals surface area (Å²) in [6.45, 7) is 11.6. The summed E-state index contributed by atoms with van der Waals surface area (Å²) in [6.07, 6.45) is 6.71. The minimum atomic E-state index is 0.661. The van der Waals surface area contributed by atoms with E-state index in [1.54, 1.807) is 6.08 Å². The fraction of sp³-hybridized carbons (Fsp3) is 0.364. The number of hydrogen-bond acceptors (Lipinski definition) is 0. The molecule has 0 heteroatoms. The highest BCUT2D eigenvalue weighted by Crippen LogP contribution is 2.09. The topological polar surface area (TPSA) is 0 Å². The van der Waals surface area contributed by atoms with E-state index in [2.05, 4.69) is 32.7 Å². The zero-order valence-electron chi connectivity index (χ0n) is 7.43. The molecule has 11 heavy (non-hydrogen) atoms. The van der Waals surface area contributed by atoms with Crippen LogP contribution < -0.4 is 0 Å². The zero-order valence-corrected chi connectivity index (χ0v) is 7.43. The highest BCUT2D eigenvalue weighted by molar-refractivity contribution is 5.20. The molecular formula is C11H16. The summed E-state index contributed by atoms with van der Waals surface area (Å²) < 4.78 is 0. The van der Waals surface area contributed by atoms with Gasteiger partial charge >= 0.3 is 0 Å². The van der Waals surface area contributed by atoms with Crippen LogP contribution in [0.15, 0.2) is 42.7 Å². The largest absolute Gasteiger partial charge is 0.125 e. The van der Waals surface area contributed by atoms with Gasteiger partial charge in [0.05, 0.1) is 0 Å². The Hall–Kier alpha value is -1.00. The molecule has 0 aromatic carbocycles. The van der Waals surface area contributed by atoms with Crippen molar-refractivity contribution in [3.05, 3.63) is 42.7 Å². The lowest BCUT2D eigenvalue weighted by Gasteiger charge is -2.01. The molecule has 0 unspecified atom stereocenters. The van der Waals surface area contributed by atoms with Gasteiger partial charge < -0.3 is 0 Å². The maximum Gasteiger partial charge on any atom is -0.00640 e. The van der Waals surface area contributed by atoms with Gasteiger partial charge in [0.2, 0.25) is 0 Å². The summed E-state index contributed by atoms with van der Waals surface area (Å²) in [4.78, 5) is 0. The normalized spacial score (nSPS) is 10.1. The summed E-state index contributed by atoms with van der Waals surface area (Å²) >= 11 is 0. The van der Waals surface area contributed by atoms with Gasteiger partial charge in [0, 0.05) is 0 Å². The van der Waals surface area contributed by atoms with E-state index in [-0.39, 0.29) is 0 Å². The molecule has 60 valence electrons. The molecule has 0 nitrogen and oxygen atoms in total.